The van der Waals surface area contributed by atoms with Crippen LogP contribution in [0.2, 0.25) is 10.0 Å². The molecule has 0 aliphatic carbocycles. The number of aryl methyl sites for hydroxylation is 1. The first kappa shape index (κ1) is 14.6. The maximum atomic E-state index is 11.2. The third kappa shape index (κ3) is 2.55. The molecule has 1 amide bonds. The number of carbonyl (C=O) groups excluding carboxylic acids is 1. The lowest BCUT2D eigenvalue weighted by Crippen LogP contribution is -2.14. The van der Waals surface area contributed by atoms with Crippen molar-refractivity contribution in [2.24, 2.45) is 5.73 Å². The number of rotatable bonds is 3. The molecule has 5 nitrogen and oxygen atoms in total. The highest BCUT2D eigenvalue weighted by molar-refractivity contribution is 6.43. The zero-order valence-electron chi connectivity index (χ0n) is 10.8. The third-order valence-electron chi connectivity index (χ3n) is 2.74. The summed E-state index contributed by atoms with van der Waals surface area (Å²) in [6.45, 7) is 1.86. The highest BCUT2D eigenvalue weighted by Crippen LogP contribution is 2.35. The molecule has 7 heteroatoms. The summed E-state index contributed by atoms with van der Waals surface area (Å²) in [5.41, 5.74) is 6.77. The summed E-state index contributed by atoms with van der Waals surface area (Å²) < 4.78 is 5.05. The maximum absolute atomic E-state index is 11.2. The van der Waals surface area contributed by atoms with E-state index in [1.54, 1.807) is 12.1 Å². The minimum Gasteiger partial charge on any atom is -0.480 e. The molecule has 0 aliphatic heterocycles. The molecule has 0 aliphatic rings. The molecule has 0 unspecified atom stereocenters. The number of ether oxygens (including phenoxy) is 1. The molecule has 0 bridgehead atoms. The zero-order valence-corrected chi connectivity index (χ0v) is 12.3. The average Bonchev–Trinajstić information content (AvgIpc) is 2.43. The van der Waals surface area contributed by atoms with Crippen LogP contribution in [0.25, 0.3) is 11.4 Å². The Hall–Kier alpha value is -1.85. The molecule has 20 heavy (non-hydrogen) atoms. The van der Waals surface area contributed by atoms with E-state index in [1.165, 1.54) is 13.3 Å². The zero-order chi connectivity index (χ0) is 14.9. The van der Waals surface area contributed by atoms with Crippen molar-refractivity contribution in [2.75, 3.05) is 7.11 Å². The molecular formula is C13H11Cl2N3O2. The van der Waals surface area contributed by atoms with E-state index in [9.17, 15) is 4.79 Å². The van der Waals surface area contributed by atoms with Crippen molar-refractivity contribution in [1.29, 1.82) is 0 Å². The van der Waals surface area contributed by atoms with Crippen LogP contribution in [-0.2, 0) is 0 Å². The second kappa shape index (κ2) is 5.64. The summed E-state index contributed by atoms with van der Waals surface area (Å²) >= 11 is 12.2. The third-order valence-corrected chi connectivity index (χ3v) is 3.54. The summed E-state index contributed by atoms with van der Waals surface area (Å²) in [5, 5.41) is 0.745. The number of benzene rings is 1. The quantitative estimate of drug-likeness (QED) is 0.945. The van der Waals surface area contributed by atoms with E-state index in [1.807, 2.05) is 6.92 Å². The molecule has 2 N–H and O–H groups in total. The van der Waals surface area contributed by atoms with E-state index < -0.39 is 5.91 Å². The van der Waals surface area contributed by atoms with Crippen LogP contribution >= 0.6 is 23.2 Å². The lowest BCUT2D eigenvalue weighted by molar-refractivity contribution is 0.0996. The molecule has 0 atom stereocenters. The Morgan fingerprint density at radius 1 is 1.35 bits per heavy atom. The van der Waals surface area contributed by atoms with Gasteiger partial charge >= 0.3 is 0 Å². The van der Waals surface area contributed by atoms with E-state index in [0.29, 0.717) is 21.4 Å². The van der Waals surface area contributed by atoms with Crippen LogP contribution in [0.1, 0.15) is 15.9 Å². The van der Waals surface area contributed by atoms with Gasteiger partial charge in [-0.15, -0.1) is 0 Å². The van der Waals surface area contributed by atoms with Crippen molar-refractivity contribution in [3.05, 3.63) is 39.5 Å². The first-order valence-corrected chi connectivity index (χ1v) is 6.37. The molecule has 2 rings (SSSR count). The molecule has 1 aromatic carbocycles. The van der Waals surface area contributed by atoms with Crippen LogP contribution < -0.4 is 10.5 Å². The number of nitrogens with two attached hydrogens (primary N) is 1. The number of halogens is 2. The van der Waals surface area contributed by atoms with Gasteiger partial charge in [0.1, 0.15) is 5.56 Å². The minimum atomic E-state index is -0.665. The summed E-state index contributed by atoms with van der Waals surface area (Å²) in [4.78, 5) is 19.5. The lowest BCUT2D eigenvalue weighted by atomic mass is 10.1. The van der Waals surface area contributed by atoms with Crippen molar-refractivity contribution < 1.29 is 9.53 Å². The highest BCUT2D eigenvalue weighted by Gasteiger charge is 2.17. The number of methoxy groups -OCH3 is 1. The maximum Gasteiger partial charge on any atom is 0.255 e. The summed E-state index contributed by atoms with van der Waals surface area (Å²) in [6.07, 6.45) is 1.31. The fourth-order valence-corrected chi connectivity index (χ4v) is 2.19. The van der Waals surface area contributed by atoms with E-state index >= 15 is 0 Å². The molecule has 1 aromatic heterocycles. The molecule has 104 valence electrons. The first-order chi connectivity index (χ1) is 9.45. The van der Waals surface area contributed by atoms with Gasteiger partial charge in [-0.3, -0.25) is 4.79 Å². The van der Waals surface area contributed by atoms with Crippen LogP contribution in [-0.4, -0.2) is 23.0 Å². The Morgan fingerprint density at radius 2 is 2.05 bits per heavy atom. The summed E-state index contributed by atoms with van der Waals surface area (Å²) in [6, 6.07) is 3.50. The van der Waals surface area contributed by atoms with Gasteiger partial charge in [0.05, 0.1) is 17.2 Å². The van der Waals surface area contributed by atoms with Gasteiger partial charge in [0, 0.05) is 11.8 Å². The SMILES string of the molecule is COc1nc(-c2c(C)ccc(Cl)c2Cl)ncc1C(N)=O. The Bertz CT molecular complexity index is 690. The Morgan fingerprint density at radius 3 is 2.65 bits per heavy atom. The second-order valence-corrected chi connectivity index (χ2v) is 4.82. The molecule has 1 heterocycles. The summed E-state index contributed by atoms with van der Waals surface area (Å²) in [7, 11) is 1.39. The minimum absolute atomic E-state index is 0.0953. The van der Waals surface area contributed by atoms with Crippen LogP contribution in [0.4, 0.5) is 0 Å². The monoisotopic (exact) mass is 311 g/mol. The topological polar surface area (TPSA) is 78.1 Å². The Labute approximate surface area is 125 Å². The molecule has 0 saturated heterocycles. The van der Waals surface area contributed by atoms with Crippen molar-refractivity contribution in [2.45, 2.75) is 6.92 Å². The van der Waals surface area contributed by atoms with Gasteiger partial charge in [-0.1, -0.05) is 29.3 Å². The number of amides is 1. The van der Waals surface area contributed by atoms with Crippen molar-refractivity contribution in [1.82, 2.24) is 9.97 Å². The second-order valence-electron chi connectivity index (χ2n) is 4.03. The smallest absolute Gasteiger partial charge is 0.255 e. The number of nitrogens with zero attached hydrogens (tertiary/aromatic N) is 2. The van der Waals surface area contributed by atoms with Crippen LogP contribution in [0.3, 0.4) is 0 Å². The Balaban J connectivity index is 2.66. The number of hydrogen-bond acceptors (Lipinski definition) is 4. The van der Waals surface area contributed by atoms with Crippen LogP contribution in [0, 0.1) is 6.92 Å². The normalized spacial score (nSPS) is 10.4. The van der Waals surface area contributed by atoms with Gasteiger partial charge in [0.15, 0.2) is 5.82 Å². The molecule has 0 saturated carbocycles. The molecule has 0 spiro atoms. The molecule has 0 radical (unpaired) electrons. The first-order valence-electron chi connectivity index (χ1n) is 5.61. The molecule has 0 fully saturated rings. The predicted molar refractivity (Wildman–Crippen MR) is 77.3 cm³/mol. The largest absolute Gasteiger partial charge is 0.480 e. The van der Waals surface area contributed by atoms with Gasteiger partial charge in [-0.25, -0.2) is 4.98 Å². The van der Waals surface area contributed by atoms with E-state index in [2.05, 4.69) is 9.97 Å². The Kier molecular flexibility index (Phi) is 4.11. The number of carbonyl (C=O) groups is 1. The number of hydrogen-bond donors (Lipinski definition) is 1. The fourth-order valence-electron chi connectivity index (χ4n) is 1.73. The van der Waals surface area contributed by atoms with E-state index in [-0.39, 0.29) is 11.4 Å². The van der Waals surface area contributed by atoms with E-state index in [4.69, 9.17) is 33.7 Å². The lowest BCUT2D eigenvalue weighted by Gasteiger charge is -2.10. The number of aromatic nitrogens is 2. The average molecular weight is 312 g/mol. The van der Waals surface area contributed by atoms with Crippen molar-refractivity contribution >= 4 is 29.1 Å². The van der Waals surface area contributed by atoms with Gasteiger partial charge in [-0.05, 0) is 18.6 Å². The van der Waals surface area contributed by atoms with Gasteiger partial charge in [0.2, 0.25) is 5.88 Å². The standard InChI is InChI=1S/C13H11Cl2N3O2/c1-6-3-4-8(14)10(15)9(6)12-17-5-7(11(16)19)13(18-12)20-2/h3-5H,1-2H3,(H2,16,19). The van der Waals surface area contributed by atoms with Crippen LogP contribution in [0.15, 0.2) is 18.3 Å². The highest BCUT2D eigenvalue weighted by atomic mass is 35.5. The van der Waals surface area contributed by atoms with E-state index in [0.717, 1.165) is 5.56 Å². The molecule has 2 aromatic rings. The fraction of sp³-hybridized carbons (Fsp3) is 0.154. The predicted octanol–water partition coefficient (Wildman–Crippen LogP) is 2.87. The summed E-state index contributed by atoms with van der Waals surface area (Å²) in [5.74, 6) is -0.253. The molecular weight excluding hydrogens is 301 g/mol. The van der Waals surface area contributed by atoms with Gasteiger partial charge < -0.3 is 10.5 Å². The van der Waals surface area contributed by atoms with Crippen molar-refractivity contribution in [3.8, 4) is 17.3 Å². The van der Waals surface area contributed by atoms with Gasteiger partial charge in [0.25, 0.3) is 5.91 Å². The van der Waals surface area contributed by atoms with Crippen molar-refractivity contribution in [3.63, 3.8) is 0 Å². The van der Waals surface area contributed by atoms with Gasteiger partial charge in [-0.2, -0.15) is 4.98 Å². The van der Waals surface area contributed by atoms with Crippen LogP contribution in [0.5, 0.6) is 5.88 Å². The number of primary amides is 1.